The Morgan fingerprint density at radius 1 is 1.11 bits per heavy atom. The van der Waals surface area contributed by atoms with Gasteiger partial charge in [-0.3, -0.25) is 4.79 Å². The number of rotatable bonds is 6. The van der Waals surface area contributed by atoms with Crippen LogP contribution in [0.5, 0.6) is 0 Å². The van der Waals surface area contributed by atoms with Crippen LogP contribution in [0, 0.1) is 11.8 Å². The summed E-state index contributed by atoms with van der Waals surface area (Å²) in [6.07, 6.45) is 5.41. The number of hydrogen-bond donors (Lipinski definition) is 2. The lowest BCUT2D eigenvalue weighted by molar-refractivity contribution is 0.0756. The molecule has 1 aromatic carbocycles. The van der Waals surface area contributed by atoms with E-state index in [0.29, 0.717) is 30.5 Å². The fourth-order valence-electron chi connectivity index (χ4n) is 4.75. The Morgan fingerprint density at radius 3 is 2.19 bits per heavy atom. The third-order valence-electron chi connectivity index (χ3n) is 6.13. The first kappa shape index (κ1) is 20.3. The minimum absolute atomic E-state index is 0.126. The van der Waals surface area contributed by atoms with Crippen molar-refractivity contribution in [2.45, 2.75) is 62.9 Å². The summed E-state index contributed by atoms with van der Waals surface area (Å²) in [5.74, 6) is 0.789. The van der Waals surface area contributed by atoms with E-state index in [0.717, 1.165) is 25.7 Å². The number of nitrogens with zero attached hydrogens (tertiary/aromatic N) is 1. The fraction of sp³-hybridized carbons (Fsp3) is 0.650. The van der Waals surface area contributed by atoms with Crippen LogP contribution in [-0.2, 0) is 10.0 Å². The summed E-state index contributed by atoms with van der Waals surface area (Å²) >= 11 is 0. The zero-order valence-corrected chi connectivity index (χ0v) is 17.0. The Morgan fingerprint density at radius 2 is 1.67 bits per heavy atom. The molecule has 1 amide bonds. The number of sulfonamides is 1. The number of benzene rings is 1. The Labute approximate surface area is 162 Å². The highest BCUT2D eigenvalue weighted by Gasteiger charge is 2.40. The minimum atomic E-state index is -3.50. The topological polar surface area (TPSA) is 92.5 Å². The highest BCUT2D eigenvalue weighted by atomic mass is 32.2. The quantitative estimate of drug-likeness (QED) is 0.776. The van der Waals surface area contributed by atoms with Gasteiger partial charge in [0.15, 0.2) is 0 Å². The van der Waals surface area contributed by atoms with Crippen molar-refractivity contribution in [2.24, 2.45) is 17.6 Å². The van der Waals surface area contributed by atoms with Gasteiger partial charge in [-0.05, 0) is 61.8 Å². The van der Waals surface area contributed by atoms with Crippen LogP contribution >= 0.6 is 0 Å². The van der Waals surface area contributed by atoms with Crippen molar-refractivity contribution < 1.29 is 13.2 Å². The maximum atomic E-state index is 12.7. The fourth-order valence-corrected chi connectivity index (χ4v) is 6.21. The minimum Gasteiger partial charge on any atom is -0.349 e. The molecule has 0 saturated heterocycles. The number of fused-ring (bicyclic) bond motifs is 2. The molecule has 27 heavy (non-hydrogen) atoms. The standard InChI is InChI=1S/C20H31N3O3S/c1-3-23(4-2)27(25,26)18-10-8-14(9-11-18)20(24)22-19-15-6-5-7-16(19)13-17(21)12-15/h8-11,15-17,19H,3-7,12-13,21H2,1-2H3,(H,22,24). The summed E-state index contributed by atoms with van der Waals surface area (Å²) in [6.45, 7) is 4.48. The molecule has 6 nitrogen and oxygen atoms in total. The molecule has 2 bridgehead atoms. The third-order valence-corrected chi connectivity index (χ3v) is 8.20. The van der Waals surface area contributed by atoms with Gasteiger partial charge in [0.1, 0.15) is 0 Å². The van der Waals surface area contributed by atoms with Gasteiger partial charge < -0.3 is 11.1 Å². The number of amides is 1. The summed E-state index contributed by atoms with van der Waals surface area (Å²) in [4.78, 5) is 13.0. The second-order valence-corrected chi connectivity index (χ2v) is 9.73. The summed E-state index contributed by atoms with van der Waals surface area (Å²) in [6, 6.07) is 6.70. The van der Waals surface area contributed by atoms with Gasteiger partial charge in [0.25, 0.3) is 5.91 Å². The summed E-state index contributed by atoms with van der Waals surface area (Å²) in [5, 5.41) is 3.21. The molecule has 2 aliphatic carbocycles. The van der Waals surface area contributed by atoms with Crippen molar-refractivity contribution in [1.82, 2.24) is 9.62 Å². The van der Waals surface area contributed by atoms with E-state index in [1.807, 2.05) is 13.8 Å². The van der Waals surface area contributed by atoms with Crippen LogP contribution in [0.15, 0.2) is 29.2 Å². The van der Waals surface area contributed by atoms with Crippen LogP contribution in [0.3, 0.4) is 0 Å². The average molecular weight is 394 g/mol. The molecule has 3 rings (SSSR count). The molecule has 0 spiro atoms. The lowest BCUT2D eigenvalue weighted by Gasteiger charge is -2.45. The molecule has 7 heteroatoms. The predicted molar refractivity (Wildman–Crippen MR) is 106 cm³/mol. The Hall–Kier alpha value is -1.44. The first-order valence-corrected chi connectivity index (χ1v) is 11.5. The van der Waals surface area contributed by atoms with Crippen molar-refractivity contribution in [2.75, 3.05) is 13.1 Å². The van der Waals surface area contributed by atoms with Crippen molar-refractivity contribution >= 4 is 15.9 Å². The van der Waals surface area contributed by atoms with E-state index in [9.17, 15) is 13.2 Å². The van der Waals surface area contributed by atoms with E-state index in [-0.39, 0.29) is 22.9 Å². The number of carbonyl (C=O) groups excluding carboxylic acids is 1. The molecule has 2 atom stereocenters. The average Bonchev–Trinajstić information content (AvgIpc) is 2.63. The lowest BCUT2D eigenvalue weighted by Crippen LogP contribution is -2.53. The monoisotopic (exact) mass is 393 g/mol. The van der Waals surface area contributed by atoms with Gasteiger partial charge in [0.2, 0.25) is 10.0 Å². The number of carbonyl (C=O) groups is 1. The zero-order chi connectivity index (χ0) is 19.6. The van der Waals surface area contributed by atoms with Crippen molar-refractivity contribution in [1.29, 1.82) is 0 Å². The molecule has 0 heterocycles. The Bertz CT molecular complexity index is 745. The van der Waals surface area contributed by atoms with Gasteiger partial charge in [-0.15, -0.1) is 0 Å². The van der Waals surface area contributed by atoms with Crippen molar-refractivity contribution in [3.05, 3.63) is 29.8 Å². The van der Waals surface area contributed by atoms with Crippen LogP contribution in [0.2, 0.25) is 0 Å². The molecular weight excluding hydrogens is 362 g/mol. The molecule has 150 valence electrons. The number of nitrogens with one attached hydrogen (secondary N) is 1. The SMILES string of the molecule is CCN(CC)S(=O)(=O)c1ccc(C(=O)NC2C3CCCC2CC(N)C3)cc1. The van der Waals surface area contributed by atoms with Crippen LogP contribution in [0.1, 0.15) is 56.3 Å². The van der Waals surface area contributed by atoms with E-state index in [1.165, 1.54) is 22.9 Å². The third kappa shape index (κ3) is 4.20. The molecule has 2 aliphatic rings. The highest BCUT2D eigenvalue weighted by molar-refractivity contribution is 7.89. The maximum absolute atomic E-state index is 12.7. The molecular formula is C20H31N3O3S. The van der Waals surface area contributed by atoms with Gasteiger partial charge in [0.05, 0.1) is 4.90 Å². The van der Waals surface area contributed by atoms with E-state index >= 15 is 0 Å². The van der Waals surface area contributed by atoms with Crippen LogP contribution in [0.4, 0.5) is 0 Å². The van der Waals surface area contributed by atoms with Crippen LogP contribution in [0.25, 0.3) is 0 Å². The van der Waals surface area contributed by atoms with Crippen molar-refractivity contribution in [3.8, 4) is 0 Å². The zero-order valence-electron chi connectivity index (χ0n) is 16.2. The highest BCUT2D eigenvalue weighted by Crippen LogP contribution is 2.39. The normalized spacial score (nSPS) is 28.1. The maximum Gasteiger partial charge on any atom is 0.251 e. The number of nitrogens with two attached hydrogens (primary N) is 1. The van der Waals surface area contributed by atoms with Gasteiger partial charge in [-0.25, -0.2) is 8.42 Å². The van der Waals surface area contributed by atoms with Gasteiger partial charge in [-0.1, -0.05) is 20.3 Å². The summed E-state index contributed by atoms with van der Waals surface area (Å²) in [5.41, 5.74) is 6.66. The number of hydrogen-bond acceptors (Lipinski definition) is 4. The second kappa shape index (κ2) is 8.29. The van der Waals surface area contributed by atoms with Gasteiger partial charge >= 0.3 is 0 Å². The summed E-state index contributed by atoms with van der Waals surface area (Å²) in [7, 11) is -3.50. The largest absolute Gasteiger partial charge is 0.349 e. The second-order valence-electron chi connectivity index (χ2n) is 7.80. The van der Waals surface area contributed by atoms with E-state index in [4.69, 9.17) is 5.73 Å². The molecule has 2 saturated carbocycles. The molecule has 1 aromatic rings. The first-order chi connectivity index (χ1) is 12.9. The van der Waals surface area contributed by atoms with Crippen LogP contribution in [-0.4, -0.2) is 43.8 Å². The van der Waals surface area contributed by atoms with Crippen LogP contribution < -0.4 is 11.1 Å². The smallest absolute Gasteiger partial charge is 0.251 e. The van der Waals surface area contributed by atoms with E-state index in [1.54, 1.807) is 12.1 Å². The van der Waals surface area contributed by atoms with E-state index < -0.39 is 10.0 Å². The molecule has 0 aliphatic heterocycles. The van der Waals surface area contributed by atoms with Gasteiger partial charge in [-0.2, -0.15) is 4.31 Å². The molecule has 3 N–H and O–H groups in total. The molecule has 0 aromatic heterocycles. The first-order valence-electron chi connectivity index (χ1n) is 10.0. The molecule has 0 radical (unpaired) electrons. The van der Waals surface area contributed by atoms with Gasteiger partial charge in [0, 0.05) is 30.7 Å². The molecule has 2 fully saturated rings. The van der Waals surface area contributed by atoms with E-state index in [2.05, 4.69) is 5.32 Å². The Balaban J connectivity index is 1.71. The van der Waals surface area contributed by atoms with Crippen molar-refractivity contribution in [3.63, 3.8) is 0 Å². The molecule has 2 unspecified atom stereocenters. The summed E-state index contributed by atoms with van der Waals surface area (Å²) < 4.78 is 26.5. The Kier molecular flexibility index (Phi) is 6.23. The predicted octanol–water partition coefficient (Wildman–Crippen LogP) is 2.35. The lowest BCUT2D eigenvalue weighted by atomic mass is 9.67.